The second-order valence-corrected chi connectivity index (χ2v) is 9.12. The molecule has 0 atom stereocenters. The third-order valence-corrected chi connectivity index (χ3v) is 6.36. The fourth-order valence-corrected chi connectivity index (χ4v) is 4.33. The maximum absolute atomic E-state index is 13.8. The van der Waals surface area contributed by atoms with Gasteiger partial charge in [0, 0.05) is 44.0 Å². The molecule has 1 fully saturated rings. The van der Waals surface area contributed by atoms with Gasteiger partial charge in [0.1, 0.15) is 12.4 Å². The number of nitrogens with one attached hydrogen (secondary N) is 1. The van der Waals surface area contributed by atoms with E-state index in [1.807, 2.05) is 13.0 Å². The Morgan fingerprint density at radius 1 is 1.12 bits per heavy atom. The van der Waals surface area contributed by atoms with Crippen LogP contribution in [0, 0.1) is 17.1 Å². The number of hydrogen-bond donors (Lipinski definition) is 1. The minimum Gasteiger partial charge on any atom is -0.396 e. The molecule has 0 radical (unpaired) electrons. The Hall–Kier alpha value is -4.43. The molecule has 1 aliphatic rings. The number of nitriles is 1. The van der Waals surface area contributed by atoms with Crippen LogP contribution in [0.15, 0.2) is 71.9 Å². The standard InChI is InChI=1S/C29H27F4N5O2/c1-2-40-36-24-12-13-37(19-24)14-15-38(28(39)35-23-8-11-27(30)26(17-23)29(31,32)33)25-9-6-21(7-10-25)22-5-3-4-20(16-22)18-34/h3-11,16-17H,2,12-15,19H2,1H3,(H,35,39)/b36-24-. The number of halogens is 4. The molecule has 3 aromatic carbocycles. The smallest absolute Gasteiger partial charge is 0.396 e. The lowest BCUT2D eigenvalue weighted by Gasteiger charge is -2.26. The summed E-state index contributed by atoms with van der Waals surface area (Å²) in [5.41, 5.74) is 1.93. The van der Waals surface area contributed by atoms with Gasteiger partial charge in [-0.2, -0.15) is 18.4 Å². The molecule has 0 aromatic heterocycles. The Bertz CT molecular complexity index is 1420. The van der Waals surface area contributed by atoms with E-state index in [2.05, 4.69) is 21.4 Å². The second kappa shape index (κ2) is 12.6. The summed E-state index contributed by atoms with van der Waals surface area (Å²) in [5, 5.41) is 15.8. The van der Waals surface area contributed by atoms with E-state index >= 15 is 0 Å². The first-order valence-electron chi connectivity index (χ1n) is 12.6. The van der Waals surface area contributed by atoms with Gasteiger partial charge in [-0.05, 0) is 60.5 Å². The third kappa shape index (κ3) is 7.15. The van der Waals surface area contributed by atoms with Crippen molar-refractivity contribution in [1.29, 1.82) is 5.26 Å². The largest absolute Gasteiger partial charge is 0.419 e. The molecule has 1 heterocycles. The van der Waals surface area contributed by atoms with E-state index in [4.69, 9.17) is 4.84 Å². The van der Waals surface area contributed by atoms with Gasteiger partial charge in [-0.25, -0.2) is 9.18 Å². The maximum Gasteiger partial charge on any atom is 0.419 e. The number of carbonyl (C=O) groups excluding carboxylic acids is 1. The zero-order chi connectivity index (χ0) is 28.7. The van der Waals surface area contributed by atoms with Gasteiger partial charge in [0.2, 0.25) is 0 Å². The monoisotopic (exact) mass is 553 g/mol. The van der Waals surface area contributed by atoms with Gasteiger partial charge in [-0.3, -0.25) is 9.80 Å². The number of alkyl halides is 3. The van der Waals surface area contributed by atoms with Crippen LogP contribution in [0.5, 0.6) is 0 Å². The predicted molar refractivity (Wildman–Crippen MR) is 144 cm³/mol. The molecule has 208 valence electrons. The summed E-state index contributed by atoms with van der Waals surface area (Å²) < 4.78 is 53.4. The van der Waals surface area contributed by atoms with Crippen LogP contribution < -0.4 is 10.2 Å². The van der Waals surface area contributed by atoms with Crippen molar-refractivity contribution in [3.8, 4) is 17.2 Å². The number of urea groups is 1. The Morgan fingerprint density at radius 2 is 1.90 bits per heavy atom. The molecule has 11 heteroatoms. The van der Waals surface area contributed by atoms with Gasteiger partial charge >= 0.3 is 12.2 Å². The molecule has 1 N–H and O–H groups in total. The van der Waals surface area contributed by atoms with Crippen LogP contribution in [-0.2, 0) is 11.0 Å². The van der Waals surface area contributed by atoms with E-state index in [1.165, 1.54) is 4.90 Å². The summed E-state index contributed by atoms with van der Waals surface area (Å²) in [7, 11) is 0. The lowest BCUT2D eigenvalue weighted by molar-refractivity contribution is -0.139. The number of oxime groups is 1. The first-order valence-corrected chi connectivity index (χ1v) is 12.6. The van der Waals surface area contributed by atoms with Gasteiger partial charge in [0.25, 0.3) is 0 Å². The van der Waals surface area contributed by atoms with Crippen molar-refractivity contribution in [2.24, 2.45) is 5.16 Å². The molecule has 7 nitrogen and oxygen atoms in total. The van der Waals surface area contributed by atoms with Crippen molar-refractivity contribution in [3.05, 3.63) is 83.7 Å². The Morgan fingerprint density at radius 3 is 2.60 bits per heavy atom. The van der Waals surface area contributed by atoms with Crippen molar-refractivity contribution in [1.82, 2.24) is 4.90 Å². The SMILES string of the molecule is CCO/N=C1/CCN(CCN(C(=O)Nc2ccc(F)c(C(F)(F)F)c2)c2ccc(-c3cccc(C#N)c3)cc2)C1. The van der Waals surface area contributed by atoms with Crippen molar-refractivity contribution < 1.29 is 27.2 Å². The third-order valence-electron chi connectivity index (χ3n) is 6.36. The lowest BCUT2D eigenvalue weighted by atomic mass is 10.0. The molecule has 2 amide bonds. The number of hydrogen-bond acceptors (Lipinski definition) is 5. The maximum atomic E-state index is 13.8. The van der Waals surface area contributed by atoms with Crippen LogP contribution in [0.3, 0.4) is 0 Å². The molecule has 3 aromatic rings. The van der Waals surface area contributed by atoms with Crippen LogP contribution in [0.4, 0.5) is 33.7 Å². The highest BCUT2D eigenvalue weighted by Crippen LogP contribution is 2.33. The van der Waals surface area contributed by atoms with E-state index in [0.717, 1.165) is 35.9 Å². The number of amides is 2. The van der Waals surface area contributed by atoms with Crippen LogP contribution >= 0.6 is 0 Å². The van der Waals surface area contributed by atoms with Crippen molar-refractivity contribution in [2.45, 2.75) is 19.5 Å². The van der Waals surface area contributed by atoms with Gasteiger partial charge < -0.3 is 10.2 Å². The molecule has 4 rings (SSSR count). The Balaban J connectivity index is 1.56. The Labute approximate surface area is 229 Å². The summed E-state index contributed by atoms with van der Waals surface area (Å²) in [6, 6.07) is 17.9. The normalized spacial score (nSPS) is 14.7. The van der Waals surface area contributed by atoms with E-state index in [1.54, 1.807) is 42.5 Å². The summed E-state index contributed by atoms with van der Waals surface area (Å²) in [6.45, 7) is 4.32. The van der Waals surface area contributed by atoms with Crippen molar-refractivity contribution in [2.75, 3.05) is 43.0 Å². The summed E-state index contributed by atoms with van der Waals surface area (Å²) in [4.78, 5) is 22.0. The number of benzene rings is 3. The predicted octanol–water partition coefficient (Wildman–Crippen LogP) is 6.52. The zero-order valence-electron chi connectivity index (χ0n) is 21.7. The lowest BCUT2D eigenvalue weighted by Crippen LogP contribution is -2.40. The zero-order valence-corrected chi connectivity index (χ0v) is 21.7. The molecule has 1 aliphatic heterocycles. The summed E-state index contributed by atoms with van der Waals surface area (Å²) >= 11 is 0. The van der Waals surface area contributed by atoms with Gasteiger partial charge in [0.15, 0.2) is 0 Å². The van der Waals surface area contributed by atoms with E-state index in [-0.39, 0.29) is 12.2 Å². The molecule has 0 spiro atoms. The topological polar surface area (TPSA) is 81.0 Å². The van der Waals surface area contributed by atoms with E-state index in [0.29, 0.717) is 43.1 Å². The van der Waals surface area contributed by atoms with Gasteiger partial charge in [0.05, 0.1) is 22.9 Å². The van der Waals surface area contributed by atoms with Crippen LogP contribution in [0.2, 0.25) is 0 Å². The van der Waals surface area contributed by atoms with E-state index < -0.39 is 23.6 Å². The fraction of sp³-hybridized carbons (Fsp3) is 0.276. The number of likely N-dealkylation sites (tertiary alicyclic amines) is 1. The number of carbonyl (C=O) groups is 1. The average molecular weight is 554 g/mol. The van der Waals surface area contributed by atoms with Crippen molar-refractivity contribution >= 4 is 23.1 Å². The minimum absolute atomic E-state index is 0.180. The van der Waals surface area contributed by atoms with Gasteiger partial charge in [-0.1, -0.05) is 29.4 Å². The molecule has 0 saturated carbocycles. The highest BCUT2D eigenvalue weighted by atomic mass is 19.4. The first kappa shape index (κ1) is 28.6. The number of anilines is 2. The molecule has 1 saturated heterocycles. The molecular weight excluding hydrogens is 526 g/mol. The fourth-order valence-electron chi connectivity index (χ4n) is 4.33. The Kier molecular flexibility index (Phi) is 9.01. The summed E-state index contributed by atoms with van der Waals surface area (Å²) in [6.07, 6.45) is -4.17. The molecule has 0 aliphatic carbocycles. The second-order valence-electron chi connectivity index (χ2n) is 9.12. The number of rotatable bonds is 8. The number of nitrogens with zero attached hydrogens (tertiary/aromatic N) is 4. The quantitative estimate of drug-likeness (QED) is 0.254. The van der Waals surface area contributed by atoms with E-state index in [9.17, 15) is 27.6 Å². The van der Waals surface area contributed by atoms with Crippen LogP contribution in [-0.4, -0.2) is 49.4 Å². The van der Waals surface area contributed by atoms with Crippen molar-refractivity contribution in [3.63, 3.8) is 0 Å². The van der Waals surface area contributed by atoms with Crippen LogP contribution in [0.1, 0.15) is 24.5 Å². The molecule has 40 heavy (non-hydrogen) atoms. The minimum atomic E-state index is -4.90. The van der Waals surface area contributed by atoms with Gasteiger partial charge in [-0.15, -0.1) is 0 Å². The average Bonchev–Trinajstić information content (AvgIpc) is 3.40. The summed E-state index contributed by atoms with van der Waals surface area (Å²) in [5.74, 6) is -1.42. The molecule has 0 bridgehead atoms. The van der Waals surface area contributed by atoms with Crippen LogP contribution in [0.25, 0.3) is 11.1 Å². The highest BCUT2D eigenvalue weighted by Gasteiger charge is 2.34. The first-order chi connectivity index (χ1) is 19.2. The molecule has 0 unspecified atom stereocenters. The molecular formula is C29H27F4N5O2. The highest BCUT2D eigenvalue weighted by molar-refractivity contribution is 6.02.